The predicted octanol–water partition coefficient (Wildman–Crippen LogP) is 7.72. The number of rotatable bonds is 26. The number of carboxylic acid groups (broad SMARTS) is 1. The summed E-state index contributed by atoms with van der Waals surface area (Å²) in [6.07, 6.45) is 23.6. The first-order valence-electron chi connectivity index (χ1n) is 14.7. The number of amides is 1. The number of carbonyl (C=O) groups is 3. The van der Waals surface area contributed by atoms with Crippen LogP contribution < -0.4 is 5.32 Å². The van der Waals surface area contributed by atoms with Crippen molar-refractivity contribution in [1.82, 2.24) is 5.32 Å². The third-order valence-electron chi connectivity index (χ3n) is 6.53. The van der Waals surface area contributed by atoms with Crippen molar-refractivity contribution in [3.05, 3.63) is 0 Å². The van der Waals surface area contributed by atoms with Gasteiger partial charge in [0.05, 0.1) is 0 Å². The maximum absolute atomic E-state index is 12.4. The molecular weight excluding hydrogens is 442 g/mol. The van der Waals surface area contributed by atoms with E-state index in [1.165, 1.54) is 70.6 Å². The van der Waals surface area contributed by atoms with Gasteiger partial charge in [0.1, 0.15) is 12.6 Å². The second-order valence-corrected chi connectivity index (χ2v) is 10.0. The molecule has 0 rings (SSSR count). The van der Waals surface area contributed by atoms with Crippen molar-refractivity contribution >= 4 is 17.8 Å². The third-order valence-corrected chi connectivity index (χ3v) is 6.53. The monoisotopic (exact) mass is 497 g/mol. The van der Waals surface area contributed by atoms with Crippen molar-refractivity contribution in [2.45, 2.75) is 161 Å². The fraction of sp³-hybridized carbons (Fsp3) is 0.897. The van der Waals surface area contributed by atoms with Crippen molar-refractivity contribution in [3.8, 4) is 0 Å². The second kappa shape index (κ2) is 25.5. The average Bonchev–Trinajstić information content (AvgIpc) is 2.83. The van der Waals surface area contributed by atoms with Crippen molar-refractivity contribution in [1.29, 1.82) is 0 Å². The fourth-order valence-electron chi connectivity index (χ4n) is 4.34. The highest BCUT2D eigenvalue weighted by Gasteiger charge is 2.14. The van der Waals surface area contributed by atoms with Crippen LogP contribution >= 0.6 is 0 Å². The van der Waals surface area contributed by atoms with Crippen LogP contribution in [0.25, 0.3) is 0 Å². The number of unbranched alkanes of at least 4 members (excludes halogenated alkanes) is 15. The van der Waals surface area contributed by atoms with Crippen LogP contribution in [-0.4, -0.2) is 35.6 Å². The Morgan fingerprint density at radius 1 is 0.629 bits per heavy atom. The van der Waals surface area contributed by atoms with E-state index >= 15 is 0 Å². The number of nitrogens with one attached hydrogen (secondary N) is 1. The molecule has 0 aliphatic carbocycles. The van der Waals surface area contributed by atoms with Crippen LogP contribution in [0.5, 0.6) is 0 Å². The Labute approximate surface area is 215 Å². The number of esters is 1. The Hall–Kier alpha value is -1.59. The Kier molecular flexibility index (Phi) is 24.3. The molecule has 0 aliphatic heterocycles. The Bertz CT molecular complexity index is 523. The van der Waals surface area contributed by atoms with Crippen molar-refractivity contribution in [2.24, 2.45) is 0 Å². The lowest BCUT2D eigenvalue weighted by Crippen LogP contribution is -2.28. The topological polar surface area (TPSA) is 92.7 Å². The Morgan fingerprint density at radius 3 is 1.54 bits per heavy atom. The van der Waals surface area contributed by atoms with Crippen molar-refractivity contribution in [3.63, 3.8) is 0 Å². The lowest BCUT2D eigenvalue weighted by Gasteiger charge is -2.18. The molecule has 0 bridgehead atoms. The lowest BCUT2D eigenvalue weighted by atomic mass is 10.0. The second-order valence-electron chi connectivity index (χ2n) is 10.0. The normalized spacial score (nSPS) is 11.8. The molecule has 2 N–H and O–H groups in total. The molecule has 0 aromatic heterocycles. The Morgan fingerprint density at radius 2 is 1.06 bits per heavy atom. The summed E-state index contributed by atoms with van der Waals surface area (Å²) in [6, 6.07) is 0. The zero-order valence-corrected chi connectivity index (χ0v) is 22.9. The van der Waals surface area contributed by atoms with E-state index in [2.05, 4.69) is 19.2 Å². The van der Waals surface area contributed by atoms with E-state index in [9.17, 15) is 14.4 Å². The number of hydrogen-bond acceptors (Lipinski definition) is 4. The first-order chi connectivity index (χ1) is 17.0. The molecule has 0 aliphatic rings. The van der Waals surface area contributed by atoms with E-state index in [4.69, 9.17) is 9.84 Å². The molecule has 6 heteroatoms. The van der Waals surface area contributed by atoms with Gasteiger partial charge in [-0.25, -0.2) is 0 Å². The first-order valence-corrected chi connectivity index (χ1v) is 14.7. The standard InChI is InChI=1S/C29H55NO5/c1-3-5-7-9-11-12-14-20-24-29(34)35-26(21-17-13-10-8-6-4-2)22-18-15-16-19-23-27(31)30-25-28(32)33/h26H,3-25H2,1-2H3,(H,30,31)(H,32,33). The van der Waals surface area contributed by atoms with Crippen molar-refractivity contribution < 1.29 is 24.2 Å². The number of hydrogen-bond donors (Lipinski definition) is 2. The molecule has 1 atom stereocenters. The molecule has 0 saturated heterocycles. The van der Waals surface area contributed by atoms with Gasteiger partial charge in [-0.2, -0.15) is 0 Å². The fourth-order valence-corrected chi connectivity index (χ4v) is 4.34. The van der Waals surface area contributed by atoms with Gasteiger partial charge >= 0.3 is 11.9 Å². The van der Waals surface area contributed by atoms with Gasteiger partial charge in [-0.15, -0.1) is 0 Å². The molecule has 0 aromatic carbocycles. The molecule has 6 nitrogen and oxygen atoms in total. The quantitative estimate of drug-likeness (QED) is 0.0942. The van der Waals surface area contributed by atoms with Crippen LogP contribution in [0.3, 0.4) is 0 Å². The van der Waals surface area contributed by atoms with Gasteiger partial charge < -0.3 is 15.2 Å². The summed E-state index contributed by atoms with van der Waals surface area (Å²) >= 11 is 0. The zero-order chi connectivity index (χ0) is 26.0. The number of aliphatic carboxylic acids is 1. The minimum Gasteiger partial charge on any atom is -0.480 e. The van der Waals surface area contributed by atoms with Gasteiger partial charge in [-0.1, -0.05) is 104 Å². The summed E-state index contributed by atoms with van der Waals surface area (Å²) < 4.78 is 5.88. The SMILES string of the molecule is CCCCCCCCCCC(=O)OC(CCCCCCCC)CCCCCCC(=O)NCC(=O)O. The number of carboxylic acids is 1. The summed E-state index contributed by atoms with van der Waals surface area (Å²) in [7, 11) is 0. The van der Waals surface area contributed by atoms with E-state index in [-0.39, 0.29) is 24.5 Å². The van der Waals surface area contributed by atoms with Gasteiger partial charge in [0, 0.05) is 12.8 Å². The van der Waals surface area contributed by atoms with Crippen LogP contribution in [0, 0.1) is 0 Å². The van der Waals surface area contributed by atoms with Gasteiger partial charge in [0.15, 0.2) is 0 Å². The highest BCUT2D eigenvalue weighted by atomic mass is 16.5. The molecule has 0 heterocycles. The number of ether oxygens (including phenoxy) is 1. The van der Waals surface area contributed by atoms with E-state index < -0.39 is 5.97 Å². The molecule has 0 saturated carbocycles. The maximum atomic E-state index is 12.4. The highest BCUT2D eigenvalue weighted by molar-refractivity contribution is 5.80. The van der Waals surface area contributed by atoms with Gasteiger partial charge in [-0.05, 0) is 38.5 Å². The molecule has 35 heavy (non-hydrogen) atoms. The van der Waals surface area contributed by atoms with E-state index in [0.29, 0.717) is 12.8 Å². The van der Waals surface area contributed by atoms with Crippen LogP contribution in [0.2, 0.25) is 0 Å². The van der Waals surface area contributed by atoms with Crippen molar-refractivity contribution in [2.75, 3.05) is 6.54 Å². The summed E-state index contributed by atoms with van der Waals surface area (Å²) in [5.41, 5.74) is 0. The van der Waals surface area contributed by atoms with E-state index in [0.717, 1.165) is 57.8 Å². The van der Waals surface area contributed by atoms with E-state index in [1.54, 1.807) is 0 Å². The smallest absolute Gasteiger partial charge is 0.322 e. The van der Waals surface area contributed by atoms with Crippen LogP contribution in [-0.2, 0) is 19.1 Å². The minimum atomic E-state index is -1.02. The maximum Gasteiger partial charge on any atom is 0.322 e. The Balaban J connectivity index is 4.10. The summed E-state index contributed by atoms with van der Waals surface area (Å²) in [4.78, 5) is 34.5. The van der Waals surface area contributed by atoms with Gasteiger partial charge in [0.25, 0.3) is 0 Å². The average molecular weight is 498 g/mol. The zero-order valence-electron chi connectivity index (χ0n) is 22.9. The minimum absolute atomic E-state index is 0.0154. The van der Waals surface area contributed by atoms with Gasteiger partial charge in [-0.3, -0.25) is 14.4 Å². The van der Waals surface area contributed by atoms with Crippen LogP contribution in [0.15, 0.2) is 0 Å². The molecule has 0 radical (unpaired) electrons. The third kappa shape index (κ3) is 25.3. The first kappa shape index (κ1) is 33.4. The molecule has 1 amide bonds. The summed E-state index contributed by atoms with van der Waals surface area (Å²) in [5, 5.41) is 11.0. The van der Waals surface area contributed by atoms with Gasteiger partial charge in [0.2, 0.25) is 5.91 Å². The summed E-state index contributed by atoms with van der Waals surface area (Å²) in [5.74, 6) is -1.27. The molecular formula is C29H55NO5. The van der Waals surface area contributed by atoms with Crippen LogP contribution in [0.4, 0.5) is 0 Å². The highest BCUT2D eigenvalue weighted by Crippen LogP contribution is 2.18. The number of carbonyl (C=O) groups excluding carboxylic acids is 2. The summed E-state index contributed by atoms with van der Waals surface area (Å²) in [6.45, 7) is 4.15. The van der Waals surface area contributed by atoms with Crippen LogP contribution in [0.1, 0.15) is 155 Å². The molecule has 206 valence electrons. The molecule has 0 fully saturated rings. The lowest BCUT2D eigenvalue weighted by molar-refractivity contribution is -0.150. The molecule has 0 spiro atoms. The molecule has 0 aromatic rings. The largest absolute Gasteiger partial charge is 0.480 e. The predicted molar refractivity (Wildman–Crippen MR) is 143 cm³/mol. The molecule has 1 unspecified atom stereocenters. The van der Waals surface area contributed by atoms with E-state index in [1.807, 2.05) is 0 Å².